The first-order valence-electron chi connectivity index (χ1n) is 8.36. The van der Waals surface area contributed by atoms with E-state index >= 15 is 0 Å². The molecular weight excluding hydrogens is 342 g/mol. The maximum absolute atomic E-state index is 14.8. The highest BCUT2D eigenvalue weighted by Crippen LogP contribution is 2.46. The van der Waals surface area contributed by atoms with Crippen LogP contribution in [0.3, 0.4) is 0 Å². The number of halogens is 2. The fraction of sp³-hybridized carbons (Fsp3) is 0.400. The Hall–Kier alpha value is -1.59. The molecular formula is C20H22F2O2S. The molecule has 0 aliphatic heterocycles. The van der Waals surface area contributed by atoms with Gasteiger partial charge in [-0.25, -0.2) is 8.78 Å². The van der Waals surface area contributed by atoms with Crippen molar-refractivity contribution in [3.63, 3.8) is 0 Å². The Morgan fingerprint density at radius 1 is 1.08 bits per heavy atom. The summed E-state index contributed by atoms with van der Waals surface area (Å²) in [6.45, 7) is -0.461. The lowest BCUT2D eigenvalue weighted by Crippen LogP contribution is -2.42. The minimum absolute atomic E-state index is 0.0572. The van der Waals surface area contributed by atoms with E-state index in [2.05, 4.69) is 0 Å². The van der Waals surface area contributed by atoms with E-state index in [1.54, 1.807) is 18.9 Å². The molecule has 0 bridgehead atoms. The van der Waals surface area contributed by atoms with E-state index in [1.807, 2.05) is 48.5 Å². The third kappa shape index (κ3) is 4.53. The molecule has 0 unspecified atom stereocenters. The van der Waals surface area contributed by atoms with E-state index in [0.29, 0.717) is 18.4 Å². The van der Waals surface area contributed by atoms with Gasteiger partial charge in [0.05, 0.1) is 19.8 Å². The van der Waals surface area contributed by atoms with Crippen LogP contribution in [0.15, 0.2) is 53.4 Å². The van der Waals surface area contributed by atoms with Crippen LogP contribution in [0.25, 0.3) is 0 Å². The number of ether oxygens (including phenoxy) is 2. The first kappa shape index (κ1) is 18.2. The Morgan fingerprint density at radius 2 is 1.76 bits per heavy atom. The molecule has 2 nitrogen and oxygen atoms in total. The van der Waals surface area contributed by atoms with E-state index in [0.717, 1.165) is 16.4 Å². The van der Waals surface area contributed by atoms with Gasteiger partial charge in [0.1, 0.15) is 18.1 Å². The number of hydrogen-bond donors (Lipinski definition) is 0. The Bertz CT molecular complexity index is 667. The average molecular weight is 364 g/mol. The maximum Gasteiger partial charge on any atom is 0.140 e. The summed E-state index contributed by atoms with van der Waals surface area (Å²) >= 11 is 1.71. The van der Waals surface area contributed by atoms with Gasteiger partial charge in [-0.3, -0.25) is 0 Å². The molecule has 2 aromatic carbocycles. The molecule has 1 fully saturated rings. The van der Waals surface area contributed by atoms with Crippen molar-refractivity contribution in [3.8, 4) is 5.75 Å². The van der Waals surface area contributed by atoms with E-state index < -0.39 is 12.3 Å². The normalized spacial score (nSPS) is 22.4. The van der Waals surface area contributed by atoms with Gasteiger partial charge in [-0.15, -0.1) is 11.8 Å². The molecule has 5 heteroatoms. The number of hydrogen-bond acceptors (Lipinski definition) is 3. The summed E-state index contributed by atoms with van der Waals surface area (Å²) in [5.41, 5.74) is 0.560. The SMILES string of the molecule is COc1ccc(CSc2ccc(C3(F)CC(OCCF)C3)cc2)cc1. The second-order valence-electron chi connectivity index (χ2n) is 6.22. The average Bonchev–Trinajstić information content (AvgIpc) is 2.63. The van der Waals surface area contributed by atoms with E-state index in [1.165, 1.54) is 5.56 Å². The van der Waals surface area contributed by atoms with Gasteiger partial charge in [-0.2, -0.15) is 0 Å². The topological polar surface area (TPSA) is 18.5 Å². The molecule has 0 radical (unpaired) electrons. The highest BCUT2D eigenvalue weighted by atomic mass is 32.2. The number of methoxy groups -OCH3 is 1. The summed E-state index contributed by atoms with van der Waals surface area (Å²) in [5.74, 6) is 1.70. The molecule has 0 amide bonds. The van der Waals surface area contributed by atoms with Crippen molar-refractivity contribution in [2.45, 2.75) is 35.3 Å². The van der Waals surface area contributed by atoms with Gasteiger partial charge < -0.3 is 9.47 Å². The van der Waals surface area contributed by atoms with Crippen molar-refractivity contribution in [1.82, 2.24) is 0 Å². The standard InChI is InChI=1S/C20H22F2O2S/c1-23-17-6-2-15(3-7-17)14-25-19-8-4-16(5-9-19)20(22)12-18(13-20)24-11-10-21/h2-9,18H,10-14H2,1H3. The molecule has 1 aliphatic carbocycles. The predicted octanol–water partition coefficient (Wildman–Crippen LogP) is 5.30. The molecule has 0 atom stereocenters. The van der Waals surface area contributed by atoms with Gasteiger partial charge in [-0.05, 0) is 35.4 Å². The molecule has 1 aliphatic rings. The lowest BCUT2D eigenvalue weighted by Gasteiger charge is -2.41. The van der Waals surface area contributed by atoms with Crippen LogP contribution >= 0.6 is 11.8 Å². The van der Waals surface area contributed by atoms with Gasteiger partial charge in [-0.1, -0.05) is 24.3 Å². The lowest BCUT2D eigenvalue weighted by molar-refractivity contribution is -0.102. The molecule has 0 N–H and O–H groups in total. The van der Waals surface area contributed by atoms with Crippen molar-refractivity contribution in [2.24, 2.45) is 0 Å². The van der Waals surface area contributed by atoms with E-state index in [9.17, 15) is 8.78 Å². The van der Waals surface area contributed by atoms with Crippen molar-refractivity contribution in [3.05, 3.63) is 59.7 Å². The van der Waals surface area contributed by atoms with Crippen LogP contribution in [0, 0.1) is 0 Å². The van der Waals surface area contributed by atoms with Crippen molar-refractivity contribution >= 4 is 11.8 Å². The predicted molar refractivity (Wildman–Crippen MR) is 96.7 cm³/mol. The number of alkyl halides is 2. The van der Waals surface area contributed by atoms with Crippen LogP contribution in [-0.2, 0) is 16.2 Å². The molecule has 134 valence electrons. The van der Waals surface area contributed by atoms with Gasteiger partial charge in [0.2, 0.25) is 0 Å². The van der Waals surface area contributed by atoms with Crippen LogP contribution in [-0.4, -0.2) is 26.5 Å². The highest BCUT2D eigenvalue weighted by molar-refractivity contribution is 7.98. The van der Waals surface area contributed by atoms with E-state index in [4.69, 9.17) is 9.47 Å². The summed E-state index contributed by atoms with van der Waals surface area (Å²) < 4.78 is 37.3. The molecule has 2 aromatic rings. The zero-order valence-corrected chi connectivity index (χ0v) is 15.0. The lowest BCUT2D eigenvalue weighted by atomic mass is 9.74. The Labute approximate surface area is 151 Å². The second-order valence-corrected chi connectivity index (χ2v) is 7.27. The number of rotatable bonds is 8. The fourth-order valence-electron chi connectivity index (χ4n) is 2.97. The summed E-state index contributed by atoms with van der Waals surface area (Å²) in [6, 6.07) is 15.6. The highest BCUT2D eigenvalue weighted by Gasteiger charge is 2.46. The Morgan fingerprint density at radius 3 is 2.36 bits per heavy atom. The Kier molecular flexibility index (Phi) is 5.97. The van der Waals surface area contributed by atoms with Gasteiger partial charge >= 0.3 is 0 Å². The van der Waals surface area contributed by atoms with Gasteiger partial charge in [0.25, 0.3) is 0 Å². The second kappa shape index (κ2) is 8.19. The summed E-state index contributed by atoms with van der Waals surface area (Å²) in [7, 11) is 1.65. The number of benzene rings is 2. The first-order chi connectivity index (χ1) is 12.1. The molecule has 0 saturated heterocycles. The van der Waals surface area contributed by atoms with Crippen LogP contribution in [0.4, 0.5) is 8.78 Å². The van der Waals surface area contributed by atoms with Crippen LogP contribution in [0.1, 0.15) is 24.0 Å². The van der Waals surface area contributed by atoms with Crippen LogP contribution in [0.2, 0.25) is 0 Å². The van der Waals surface area contributed by atoms with Crippen LogP contribution in [0.5, 0.6) is 5.75 Å². The summed E-state index contributed by atoms with van der Waals surface area (Å²) in [5, 5.41) is 0. The largest absolute Gasteiger partial charge is 0.497 e. The van der Waals surface area contributed by atoms with Gasteiger partial charge in [0, 0.05) is 23.5 Å². The van der Waals surface area contributed by atoms with Crippen molar-refractivity contribution in [1.29, 1.82) is 0 Å². The number of thioether (sulfide) groups is 1. The first-order valence-corrected chi connectivity index (χ1v) is 9.34. The van der Waals surface area contributed by atoms with Crippen LogP contribution < -0.4 is 4.74 Å². The molecule has 0 aromatic heterocycles. The monoisotopic (exact) mass is 364 g/mol. The minimum atomic E-state index is -1.33. The zero-order chi connectivity index (χ0) is 17.7. The smallest absolute Gasteiger partial charge is 0.140 e. The molecule has 0 heterocycles. The Balaban J connectivity index is 1.52. The maximum atomic E-state index is 14.8. The van der Waals surface area contributed by atoms with E-state index in [-0.39, 0.29) is 12.7 Å². The van der Waals surface area contributed by atoms with Gasteiger partial charge in [0.15, 0.2) is 0 Å². The summed E-state index contributed by atoms with van der Waals surface area (Å²) in [6.07, 6.45) is 0.460. The fourth-order valence-corrected chi connectivity index (χ4v) is 3.82. The van der Waals surface area contributed by atoms with Crippen molar-refractivity contribution in [2.75, 3.05) is 20.4 Å². The molecule has 0 spiro atoms. The third-order valence-corrected chi connectivity index (χ3v) is 5.55. The minimum Gasteiger partial charge on any atom is -0.497 e. The molecule has 25 heavy (non-hydrogen) atoms. The van der Waals surface area contributed by atoms with Crippen molar-refractivity contribution < 1.29 is 18.3 Å². The molecule has 3 rings (SSSR count). The zero-order valence-electron chi connectivity index (χ0n) is 14.2. The quantitative estimate of drug-likeness (QED) is 0.592. The third-order valence-electron chi connectivity index (χ3n) is 4.47. The molecule has 1 saturated carbocycles. The summed E-state index contributed by atoms with van der Waals surface area (Å²) in [4.78, 5) is 1.10.